The quantitative estimate of drug-likeness (QED) is 0.0944. The van der Waals surface area contributed by atoms with E-state index >= 15 is 0 Å². The van der Waals surface area contributed by atoms with Gasteiger partial charge in [0.2, 0.25) is 0 Å². The number of nitrogens with zero attached hydrogens (tertiary/aromatic N) is 5. The maximum Gasteiger partial charge on any atom is 0.158 e. The molecule has 5 aliphatic heterocycles. The zero-order valence-electron chi connectivity index (χ0n) is 37.7. The minimum atomic E-state index is -0.794. The van der Waals surface area contributed by atoms with E-state index in [4.69, 9.17) is 35.2 Å². The van der Waals surface area contributed by atoms with Gasteiger partial charge in [-0.1, -0.05) is 102 Å². The number of hydrogen-bond acceptors (Lipinski definition) is 8. The summed E-state index contributed by atoms with van der Waals surface area (Å²) in [7, 11) is 4.22. The highest BCUT2D eigenvalue weighted by Crippen LogP contribution is 2.34. The first kappa shape index (κ1) is 44.6. The number of fused-ring (bicyclic) bond motifs is 4. The van der Waals surface area contributed by atoms with Crippen molar-refractivity contribution in [3.63, 3.8) is 0 Å². The van der Waals surface area contributed by atoms with Gasteiger partial charge in [-0.3, -0.25) is 5.73 Å². The number of benzene rings is 2. The van der Waals surface area contributed by atoms with E-state index in [0.29, 0.717) is 0 Å². The van der Waals surface area contributed by atoms with Crippen LogP contribution in [-0.2, 0) is 0 Å². The molecule has 2 atom stereocenters. The topological polar surface area (TPSA) is 97.2 Å². The maximum atomic E-state index is 6.75. The van der Waals surface area contributed by atoms with Crippen LogP contribution in [0.1, 0.15) is 115 Å². The van der Waals surface area contributed by atoms with E-state index in [1.165, 1.54) is 57.8 Å². The Kier molecular flexibility index (Phi) is 15.5. The Bertz CT molecular complexity index is 2290. The molecule has 7 rings (SSSR count). The fraction of sp³-hybridized carbons (Fsp3) is 0.407. The molecule has 0 saturated heterocycles. The summed E-state index contributed by atoms with van der Waals surface area (Å²) in [5.74, 6) is 1.81. The maximum absolute atomic E-state index is 6.75. The van der Waals surface area contributed by atoms with Crippen molar-refractivity contribution in [2.24, 2.45) is 31.6 Å². The van der Waals surface area contributed by atoms with Crippen LogP contribution < -0.4 is 15.2 Å². The number of nitrogens with two attached hydrogens (primary N) is 1. The number of rotatable bonds is 22. The van der Waals surface area contributed by atoms with Crippen LogP contribution in [-0.4, -0.2) is 60.7 Å². The SMILES string of the molecule is CCCCCCCCCCCCOc1ccc(C2=C3C=CC(=N3)C=C3C=CC(=N3)C(c3ccc(OC(C)(N)C(C)CCCCN(C)C)cc3)=C3C=CC(=N3)C=C3C=CC2=N3)cc1. The zero-order chi connectivity index (χ0) is 43.3. The van der Waals surface area contributed by atoms with Crippen molar-refractivity contribution >= 4 is 34.0 Å². The van der Waals surface area contributed by atoms with Gasteiger partial charge in [0.1, 0.15) is 11.5 Å². The van der Waals surface area contributed by atoms with Crippen LogP contribution >= 0.6 is 0 Å². The van der Waals surface area contributed by atoms with Crippen molar-refractivity contribution < 1.29 is 9.47 Å². The molecule has 2 aromatic rings. The highest BCUT2D eigenvalue weighted by Gasteiger charge is 2.29. The van der Waals surface area contributed by atoms with Crippen molar-refractivity contribution in [2.75, 3.05) is 27.2 Å². The number of ether oxygens (including phenoxy) is 2. The fourth-order valence-corrected chi connectivity index (χ4v) is 8.25. The van der Waals surface area contributed by atoms with Gasteiger partial charge in [-0.25, -0.2) is 20.0 Å². The average Bonchev–Trinajstić information content (AvgIpc) is 4.10. The summed E-state index contributed by atoms with van der Waals surface area (Å²) in [6.07, 6.45) is 36.9. The fourth-order valence-electron chi connectivity index (χ4n) is 8.25. The molecule has 8 heteroatoms. The Hall–Kier alpha value is -5.44. The standard InChI is InChI=1S/C54H66N6O2/c1-6-7-8-9-10-11-12-13-14-17-36-61-46-27-19-40(20-28-46)52-48-31-23-42(56-48)37-44-25-33-50(58-44)53(51-34-26-45(59-51)38-43-24-32-49(52)57-43)41-21-29-47(30-22-41)62-54(3,55)39(2)18-15-16-35-60(4)5/h19-34,37-39H,6-18,35-36,55H2,1-5H3. The lowest BCUT2D eigenvalue weighted by molar-refractivity contribution is 0.0342. The average molecular weight is 831 g/mol. The smallest absolute Gasteiger partial charge is 0.158 e. The Labute approximate surface area is 370 Å². The van der Waals surface area contributed by atoms with Crippen molar-refractivity contribution in [1.82, 2.24) is 4.90 Å². The van der Waals surface area contributed by atoms with Crippen LogP contribution in [0.25, 0.3) is 11.1 Å². The van der Waals surface area contributed by atoms with Gasteiger partial charge in [-0.2, -0.15) is 0 Å². The highest BCUT2D eigenvalue weighted by molar-refractivity contribution is 6.34. The molecule has 0 amide bonds. The lowest BCUT2D eigenvalue weighted by Gasteiger charge is -2.32. The lowest BCUT2D eigenvalue weighted by Crippen LogP contribution is -2.48. The van der Waals surface area contributed by atoms with E-state index in [1.54, 1.807) is 0 Å². The van der Waals surface area contributed by atoms with Gasteiger partial charge in [-0.15, -0.1) is 0 Å². The molecule has 5 aliphatic rings. The first-order valence-corrected chi connectivity index (χ1v) is 23.1. The molecule has 2 N–H and O–H groups in total. The molecule has 0 aromatic heterocycles. The number of hydrogen-bond donors (Lipinski definition) is 1. The van der Waals surface area contributed by atoms with Crippen molar-refractivity contribution in [3.05, 3.63) is 143 Å². The molecule has 0 radical (unpaired) electrons. The zero-order valence-corrected chi connectivity index (χ0v) is 37.7. The Morgan fingerprint density at radius 2 is 1.08 bits per heavy atom. The third kappa shape index (κ3) is 12.1. The van der Waals surface area contributed by atoms with Gasteiger partial charge in [-0.05, 0) is 143 Å². The third-order valence-corrected chi connectivity index (χ3v) is 12.1. The van der Waals surface area contributed by atoms with Crippen LogP contribution in [0.3, 0.4) is 0 Å². The minimum Gasteiger partial charge on any atom is -0.494 e. The van der Waals surface area contributed by atoms with Crippen molar-refractivity contribution in [3.8, 4) is 11.5 Å². The van der Waals surface area contributed by atoms with E-state index in [-0.39, 0.29) is 5.92 Å². The Morgan fingerprint density at radius 3 is 1.60 bits per heavy atom. The van der Waals surface area contributed by atoms with Gasteiger partial charge in [0.25, 0.3) is 0 Å². The first-order valence-electron chi connectivity index (χ1n) is 23.1. The van der Waals surface area contributed by atoms with E-state index in [2.05, 4.69) is 93.5 Å². The van der Waals surface area contributed by atoms with E-state index in [0.717, 1.165) is 118 Å². The Morgan fingerprint density at radius 1 is 0.581 bits per heavy atom. The summed E-state index contributed by atoms with van der Waals surface area (Å²) in [6, 6.07) is 16.5. The normalized spacial score (nSPS) is 17.9. The van der Waals surface area contributed by atoms with Crippen LogP contribution in [0.4, 0.5) is 0 Å². The molecule has 8 nitrogen and oxygen atoms in total. The molecule has 2 unspecified atom stereocenters. The second kappa shape index (κ2) is 21.6. The summed E-state index contributed by atoms with van der Waals surface area (Å²) < 4.78 is 12.6. The van der Waals surface area contributed by atoms with E-state index in [1.807, 2.05) is 55.5 Å². The lowest BCUT2D eigenvalue weighted by atomic mass is 9.93. The molecular formula is C54H66N6O2. The van der Waals surface area contributed by atoms with Crippen LogP contribution in [0, 0.1) is 5.92 Å². The van der Waals surface area contributed by atoms with Gasteiger partial charge in [0.05, 0.1) is 52.2 Å². The van der Waals surface area contributed by atoms with E-state index < -0.39 is 5.72 Å². The summed E-state index contributed by atoms with van der Waals surface area (Å²) in [6.45, 7) is 8.24. The molecule has 2 aromatic carbocycles. The summed E-state index contributed by atoms with van der Waals surface area (Å²) >= 11 is 0. The molecular weight excluding hydrogens is 765 g/mol. The molecule has 5 heterocycles. The van der Waals surface area contributed by atoms with Crippen LogP contribution in [0.15, 0.2) is 152 Å². The molecule has 324 valence electrons. The largest absolute Gasteiger partial charge is 0.494 e. The van der Waals surface area contributed by atoms with Gasteiger partial charge in [0.15, 0.2) is 5.72 Å². The second-order valence-corrected chi connectivity index (χ2v) is 17.6. The number of aliphatic imine (C=N–C) groups is 4. The van der Waals surface area contributed by atoms with Crippen LogP contribution in [0.5, 0.6) is 11.5 Å². The summed E-state index contributed by atoms with van der Waals surface area (Å²) in [5, 5.41) is 0. The monoisotopic (exact) mass is 831 g/mol. The van der Waals surface area contributed by atoms with Crippen molar-refractivity contribution in [1.29, 1.82) is 0 Å². The number of unbranched alkanes of at least 4 members (excludes halogenated alkanes) is 10. The predicted molar refractivity (Wildman–Crippen MR) is 261 cm³/mol. The first-order chi connectivity index (χ1) is 30.1. The van der Waals surface area contributed by atoms with Gasteiger partial charge < -0.3 is 14.4 Å². The molecule has 0 fully saturated rings. The van der Waals surface area contributed by atoms with Gasteiger partial charge in [0, 0.05) is 17.1 Å². The number of allylic oxidation sites excluding steroid dienone is 12. The Balaban J connectivity index is 1.06. The highest BCUT2D eigenvalue weighted by atomic mass is 16.5. The predicted octanol–water partition coefficient (Wildman–Crippen LogP) is 12.4. The molecule has 0 saturated carbocycles. The second-order valence-electron chi connectivity index (χ2n) is 17.6. The third-order valence-electron chi connectivity index (χ3n) is 12.1. The van der Waals surface area contributed by atoms with E-state index in [9.17, 15) is 0 Å². The molecule has 8 bridgehead atoms. The van der Waals surface area contributed by atoms with Gasteiger partial charge >= 0.3 is 0 Å². The summed E-state index contributed by atoms with van der Waals surface area (Å²) in [4.78, 5) is 22.6. The minimum absolute atomic E-state index is 0.194. The van der Waals surface area contributed by atoms with Crippen molar-refractivity contribution in [2.45, 2.75) is 110 Å². The summed E-state index contributed by atoms with van der Waals surface area (Å²) in [5.41, 5.74) is 16.6. The van der Waals surface area contributed by atoms with Crippen LogP contribution in [0.2, 0.25) is 0 Å². The molecule has 62 heavy (non-hydrogen) atoms. The molecule has 0 spiro atoms. The molecule has 0 aliphatic carbocycles.